The second-order valence-electron chi connectivity index (χ2n) is 8.49. The van der Waals surface area contributed by atoms with Crippen LogP contribution in [0.1, 0.15) is 22.0 Å². The summed E-state index contributed by atoms with van der Waals surface area (Å²) in [6.07, 6.45) is 0.705. The average Bonchev–Trinajstić information content (AvgIpc) is 3.62. The molecule has 1 unspecified atom stereocenters. The molecule has 3 aromatic heterocycles. The number of likely N-dealkylation sites (N-methyl/N-ethyl adjacent to an activating group) is 1. The number of alkyl halides is 3. The second-order valence-corrected chi connectivity index (χ2v) is 8.49. The summed E-state index contributed by atoms with van der Waals surface area (Å²) in [7, 11) is 1.69. The molecule has 1 aliphatic rings. The Morgan fingerprint density at radius 2 is 1.97 bits per heavy atom. The quantitative estimate of drug-likeness (QED) is 0.407. The molecule has 4 heterocycles. The molecule has 6 rings (SSSR count). The number of amides is 1. The first kappa shape index (κ1) is 21.9. The van der Waals surface area contributed by atoms with Crippen LogP contribution in [0.3, 0.4) is 0 Å². The molecule has 12 heteroatoms. The molecule has 0 spiro atoms. The molecule has 36 heavy (non-hydrogen) atoms. The van der Waals surface area contributed by atoms with Crippen molar-refractivity contribution in [3.8, 4) is 16.9 Å². The van der Waals surface area contributed by atoms with Crippen molar-refractivity contribution in [2.75, 3.05) is 19.4 Å². The number of anilines is 1. The van der Waals surface area contributed by atoms with Gasteiger partial charge >= 0.3 is 6.30 Å². The third-order valence-electron chi connectivity index (χ3n) is 6.36. The fraction of sp³-hybridized carbons (Fsp3) is 0.167. The van der Waals surface area contributed by atoms with Gasteiger partial charge in [-0.1, -0.05) is 12.1 Å². The van der Waals surface area contributed by atoms with Crippen LogP contribution in [0.4, 0.5) is 19.0 Å². The van der Waals surface area contributed by atoms with Crippen LogP contribution in [0.5, 0.6) is 5.75 Å². The van der Waals surface area contributed by atoms with Crippen molar-refractivity contribution in [3.05, 3.63) is 72.4 Å². The fourth-order valence-corrected chi connectivity index (χ4v) is 4.46. The van der Waals surface area contributed by atoms with E-state index in [4.69, 9.17) is 10.5 Å². The smallest absolute Gasteiger partial charge is 0.491 e. The van der Waals surface area contributed by atoms with Gasteiger partial charge in [0.15, 0.2) is 0 Å². The molecule has 1 aliphatic heterocycles. The first-order chi connectivity index (χ1) is 17.2. The maximum absolute atomic E-state index is 13.4. The number of hydrogen-bond acceptors (Lipinski definition) is 6. The van der Waals surface area contributed by atoms with Crippen molar-refractivity contribution < 1.29 is 22.7 Å². The fourth-order valence-electron chi connectivity index (χ4n) is 4.46. The number of nitrogens with zero attached hydrogens (tertiary/aromatic N) is 6. The molecule has 0 saturated heterocycles. The van der Waals surface area contributed by atoms with E-state index in [1.807, 2.05) is 0 Å². The highest BCUT2D eigenvalue weighted by molar-refractivity contribution is 5.98. The van der Waals surface area contributed by atoms with Crippen LogP contribution in [-0.2, 0) is 6.30 Å². The summed E-state index contributed by atoms with van der Waals surface area (Å²) >= 11 is 0. The molecule has 0 fully saturated rings. The van der Waals surface area contributed by atoms with Gasteiger partial charge in [-0.3, -0.25) is 9.20 Å². The highest BCUT2D eigenvalue weighted by atomic mass is 19.4. The number of halogens is 3. The van der Waals surface area contributed by atoms with E-state index >= 15 is 0 Å². The normalized spacial score (nSPS) is 15.3. The van der Waals surface area contributed by atoms with E-state index in [9.17, 15) is 18.0 Å². The minimum atomic E-state index is -4.59. The van der Waals surface area contributed by atoms with Crippen molar-refractivity contribution in [3.63, 3.8) is 0 Å². The highest BCUT2D eigenvalue weighted by Gasteiger charge is 2.33. The molecule has 0 aliphatic carbocycles. The predicted octanol–water partition coefficient (Wildman–Crippen LogP) is 4.01. The van der Waals surface area contributed by atoms with Gasteiger partial charge in [-0.05, 0) is 29.8 Å². The zero-order chi connectivity index (χ0) is 25.2. The Morgan fingerprint density at radius 1 is 1.14 bits per heavy atom. The summed E-state index contributed by atoms with van der Waals surface area (Å²) in [5.74, 6) is 0.634. The molecule has 0 radical (unpaired) electrons. The van der Waals surface area contributed by atoms with E-state index in [1.54, 1.807) is 65.3 Å². The Kier molecular flexibility index (Phi) is 4.68. The summed E-state index contributed by atoms with van der Waals surface area (Å²) < 4.78 is 46.2. The molecular formula is C24H18F3N7O2. The molecule has 0 bridgehead atoms. The zero-order valence-corrected chi connectivity index (χ0v) is 18.8. The zero-order valence-electron chi connectivity index (χ0n) is 18.8. The van der Waals surface area contributed by atoms with Gasteiger partial charge in [0.25, 0.3) is 5.91 Å². The summed E-state index contributed by atoms with van der Waals surface area (Å²) in [5.41, 5.74) is 10.0. The maximum atomic E-state index is 13.4. The Balaban J connectivity index is 1.29. The van der Waals surface area contributed by atoms with E-state index < -0.39 is 6.30 Å². The SMILES string of the molecule is CN(C(=O)c1ccc2nc(N)c3cncn3c2c1)C1COc2cc(-c3cnn(C(F)(F)F)c3)ccc21. The van der Waals surface area contributed by atoms with Crippen LogP contribution in [0.25, 0.3) is 27.7 Å². The van der Waals surface area contributed by atoms with Crippen molar-refractivity contribution >= 4 is 28.3 Å². The lowest BCUT2D eigenvalue weighted by Gasteiger charge is -2.24. The van der Waals surface area contributed by atoms with Crippen molar-refractivity contribution in [2.24, 2.45) is 0 Å². The van der Waals surface area contributed by atoms with Gasteiger partial charge in [0, 0.05) is 29.9 Å². The first-order valence-electron chi connectivity index (χ1n) is 10.9. The van der Waals surface area contributed by atoms with Crippen molar-refractivity contribution in [2.45, 2.75) is 12.3 Å². The summed E-state index contributed by atoms with van der Waals surface area (Å²) in [6, 6.07) is 9.92. The molecule has 1 amide bonds. The lowest BCUT2D eigenvalue weighted by atomic mass is 10.0. The molecule has 2 aromatic carbocycles. The van der Waals surface area contributed by atoms with Gasteiger partial charge in [-0.25, -0.2) is 9.97 Å². The number of nitrogen functional groups attached to an aromatic ring is 1. The lowest BCUT2D eigenvalue weighted by Crippen LogP contribution is -2.32. The molecule has 0 saturated carbocycles. The number of hydrogen-bond donors (Lipinski definition) is 1. The number of carbonyl (C=O) groups excluding carboxylic acids is 1. The summed E-state index contributed by atoms with van der Waals surface area (Å²) in [6.45, 7) is 0.222. The standard InChI is InChI=1S/C24H18F3N7O2/c1-32(23(35)14-3-5-17-18(6-14)33-12-29-9-19(33)22(28)31-17)20-11-36-21-7-13(2-4-16(20)21)15-8-30-34(10-15)24(25,26)27/h2-10,12,20H,11H2,1H3,(H2,28,31). The third kappa shape index (κ3) is 3.41. The van der Waals surface area contributed by atoms with Crippen molar-refractivity contribution in [1.82, 2.24) is 29.0 Å². The maximum Gasteiger partial charge on any atom is 0.504 e. The molecule has 9 nitrogen and oxygen atoms in total. The second kappa shape index (κ2) is 7.70. The van der Waals surface area contributed by atoms with Gasteiger partial charge in [0.2, 0.25) is 0 Å². The molecule has 2 N–H and O–H groups in total. The van der Waals surface area contributed by atoms with E-state index in [0.717, 1.165) is 18.0 Å². The van der Waals surface area contributed by atoms with Crippen LogP contribution in [0.15, 0.2) is 61.3 Å². The average molecular weight is 493 g/mol. The lowest BCUT2D eigenvalue weighted by molar-refractivity contribution is -0.212. The number of nitrogens with two attached hydrogens (primary N) is 1. The van der Waals surface area contributed by atoms with E-state index in [2.05, 4.69) is 15.1 Å². The largest absolute Gasteiger partial charge is 0.504 e. The number of ether oxygens (including phenoxy) is 1. The summed E-state index contributed by atoms with van der Waals surface area (Å²) in [4.78, 5) is 23.5. The molecule has 182 valence electrons. The Labute approximate surface area is 201 Å². The minimum absolute atomic E-state index is 0.0450. The number of carbonyl (C=O) groups is 1. The molecule has 5 aromatic rings. The molecular weight excluding hydrogens is 475 g/mol. The van der Waals surface area contributed by atoms with Crippen LogP contribution in [-0.4, -0.2) is 48.6 Å². The predicted molar refractivity (Wildman–Crippen MR) is 124 cm³/mol. The van der Waals surface area contributed by atoms with Crippen molar-refractivity contribution in [1.29, 1.82) is 0 Å². The van der Waals surface area contributed by atoms with Crippen LogP contribution < -0.4 is 10.5 Å². The number of rotatable bonds is 3. The topological polar surface area (TPSA) is 104 Å². The van der Waals surface area contributed by atoms with Gasteiger partial charge in [-0.15, -0.1) is 13.2 Å². The monoisotopic (exact) mass is 493 g/mol. The van der Waals surface area contributed by atoms with E-state index in [0.29, 0.717) is 44.8 Å². The Bertz CT molecular complexity index is 1660. The van der Waals surface area contributed by atoms with Crippen LogP contribution in [0, 0.1) is 0 Å². The highest BCUT2D eigenvalue weighted by Crippen LogP contribution is 2.39. The number of benzene rings is 2. The van der Waals surface area contributed by atoms with E-state index in [-0.39, 0.29) is 23.2 Å². The number of fused-ring (bicyclic) bond motifs is 4. The molecule has 1 atom stereocenters. The van der Waals surface area contributed by atoms with E-state index in [1.165, 1.54) is 0 Å². The van der Waals surface area contributed by atoms with Gasteiger partial charge in [0.1, 0.15) is 23.7 Å². The third-order valence-corrected chi connectivity index (χ3v) is 6.36. The first-order valence-corrected chi connectivity index (χ1v) is 10.9. The van der Waals surface area contributed by atoms with Gasteiger partial charge in [0.05, 0.1) is 35.8 Å². The van der Waals surface area contributed by atoms with Crippen LogP contribution in [0.2, 0.25) is 0 Å². The Hall–Kier alpha value is -4.61. The van der Waals surface area contributed by atoms with Crippen LogP contribution >= 0.6 is 0 Å². The number of aromatic nitrogens is 5. The van der Waals surface area contributed by atoms with Gasteiger partial charge in [-0.2, -0.15) is 9.78 Å². The summed E-state index contributed by atoms with van der Waals surface area (Å²) in [5, 5.41) is 3.38. The minimum Gasteiger partial charge on any atom is -0.491 e. The Morgan fingerprint density at radius 3 is 2.75 bits per heavy atom. The number of imidazole rings is 1. The van der Waals surface area contributed by atoms with Gasteiger partial charge < -0.3 is 15.4 Å².